The highest BCUT2D eigenvalue weighted by atomic mass is 79.9. The SMILES string of the molecule is O=C(NCCC1CCC1)Nc1cc(Br)ccc1C(=O)O. The maximum atomic E-state index is 11.8. The summed E-state index contributed by atoms with van der Waals surface area (Å²) in [6.07, 6.45) is 4.77. The molecule has 0 bridgehead atoms. The van der Waals surface area contributed by atoms with Gasteiger partial charge in [0.2, 0.25) is 0 Å². The number of hydrogen-bond acceptors (Lipinski definition) is 2. The summed E-state index contributed by atoms with van der Waals surface area (Å²) in [5.74, 6) is -0.335. The lowest BCUT2D eigenvalue weighted by atomic mass is 9.83. The molecule has 108 valence electrons. The molecule has 0 aromatic heterocycles. The summed E-state index contributed by atoms with van der Waals surface area (Å²) in [5, 5.41) is 14.4. The average Bonchev–Trinajstić information content (AvgIpc) is 2.32. The van der Waals surface area contributed by atoms with Gasteiger partial charge in [-0.05, 0) is 30.5 Å². The monoisotopic (exact) mass is 340 g/mol. The van der Waals surface area contributed by atoms with Crippen LogP contribution in [0.4, 0.5) is 10.5 Å². The normalized spacial score (nSPS) is 14.4. The van der Waals surface area contributed by atoms with Gasteiger partial charge in [0.25, 0.3) is 0 Å². The number of urea groups is 1. The second-order valence-corrected chi connectivity index (χ2v) is 5.88. The van der Waals surface area contributed by atoms with Crippen LogP contribution in [0.5, 0.6) is 0 Å². The molecule has 5 nitrogen and oxygen atoms in total. The van der Waals surface area contributed by atoms with Crippen LogP contribution in [-0.2, 0) is 0 Å². The van der Waals surface area contributed by atoms with Crippen molar-refractivity contribution < 1.29 is 14.7 Å². The lowest BCUT2D eigenvalue weighted by molar-refractivity contribution is 0.0698. The highest BCUT2D eigenvalue weighted by Crippen LogP contribution is 2.28. The average molecular weight is 341 g/mol. The number of nitrogens with one attached hydrogen (secondary N) is 2. The molecule has 0 saturated heterocycles. The van der Waals surface area contributed by atoms with Gasteiger partial charge in [0.1, 0.15) is 0 Å². The maximum Gasteiger partial charge on any atom is 0.337 e. The van der Waals surface area contributed by atoms with Gasteiger partial charge in [0.15, 0.2) is 0 Å². The largest absolute Gasteiger partial charge is 0.478 e. The van der Waals surface area contributed by atoms with E-state index in [0.717, 1.165) is 12.3 Å². The van der Waals surface area contributed by atoms with Gasteiger partial charge in [0.05, 0.1) is 11.3 Å². The predicted octanol–water partition coefficient (Wildman–Crippen LogP) is 3.46. The van der Waals surface area contributed by atoms with E-state index >= 15 is 0 Å². The van der Waals surface area contributed by atoms with E-state index in [-0.39, 0.29) is 17.3 Å². The van der Waals surface area contributed by atoms with Crippen molar-refractivity contribution in [3.63, 3.8) is 0 Å². The first kappa shape index (κ1) is 14.8. The van der Waals surface area contributed by atoms with E-state index in [9.17, 15) is 9.59 Å². The lowest BCUT2D eigenvalue weighted by Crippen LogP contribution is -2.31. The quantitative estimate of drug-likeness (QED) is 0.767. The van der Waals surface area contributed by atoms with Gasteiger partial charge in [-0.25, -0.2) is 9.59 Å². The molecule has 1 aromatic carbocycles. The molecule has 3 N–H and O–H groups in total. The molecule has 20 heavy (non-hydrogen) atoms. The first-order valence-corrected chi connectivity index (χ1v) is 7.43. The number of halogens is 1. The summed E-state index contributed by atoms with van der Waals surface area (Å²) in [6.45, 7) is 0.618. The Balaban J connectivity index is 1.89. The summed E-state index contributed by atoms with van der Waals surface area (Å²) in [4.78, 5) is 22.8. The summed E-state index contributed by atoms with van der Waals surface area (Å²) < 4.78 is 0.715. The topological polar surface area (TPSA) is 78.4 Å². The number of amides is 2. The zero-order valence-electron chi connectivity index (χ0n) is 11.0. The molecule has 0 aliphatic heterocycles. The predicted molar refractivity (Wildman–Crippen MR) is 80.1 cm³/mol. The Labute approximate surface area is 125 Å². The van der Waals surface area contributed by atoms with Gasteiger partial charge in [-0.1, -0.05) is 35.2 Å². The van der Waals surface area contributed by atoms with Crippen LogP contribution in [0.3, 0.4) is 0 Å². The molecule has 0 spiro atoms. The van der Waals surface area contributed by atoms with E-state index in [2.05, 4.69) is 26.6 Å². The Morgan fingerprint density at radius 1 is 1.35 bits per heavy atom. The minimum Gasteiger partial charge on any atom is -0.478 e. The van der Waals surface area contributed by atoms with Gasteiger partial charge >= 0.3 is 12.0 Å². The van der Waals surface area contributed by atoms with Crippen LogP contribution >= 0.6 is 15.9 Å². The van der Waals surface area contributed by atoms with Crippen molar-refractivity contribution in [2.45, 2.75) is 25.7 Å². The molecule has 2 amide bonds. The van der Waals surface area contributed by atoms with Crippen molar-refractivity contribution in [3.8, 4) is 0 Å². The van der Waals surface area contributed by atoms with Crippen molar-refractivity contribution in [2.24, 2.45) is 5.92 Å². The summed E-state index contributed by atoms with van der Waals surface area (Å²) >= 11 is 3.26. The molecule has 1 aromatic rings. The van der Waals surface area contributed by atoms with E-state index in [1.165, 1.54) is 25.3 Å². The third-order valence-corrected chi connectivity index (χ3v) is 4.02. The number of carboxylic acids is 1. The van der Waals surface area contributed by atoms with Crippen LogP contribution in [0.25, 0.3) is 0 Å². The van der Waals surface area contributed by atoms with Crippen LogP contribution in [0, 0.1) is 5.92 Å². The van der Waals surface area contributed by atoms with Gasteiger partial charge in [-0.15, -0.1) is 0 Å². The number of benzene rings is 1. The fourth-order valence-corrected chi connectivity index (χ4v) is 2.51. The highest BCUT2D eigenvalue weighted by Gasteiger charge is 2.17. The van der Waals surface area contributed by atoms with E-state index in [0.29, 0.717) is 11.0 Å². The summed E-state index contributed by atoms with van der Waals surface area (Å²) in [5.41, 5.74) is 0.357. The van der Waals surface area contributed by atoms with Crippen molar-refractivity contribution >= 4 is 33.6 Å². The summed E-state index contributed by atoms with van der Waals surface area (Å²) in [7, 11) is 0. The van der Waals surface area contributed by atoms with Gasteiger partial charge in [-0.2, -0.15) is 0 Å². The standard InChI is InChI=1S/C14H17BrN2O3/c15-10-4-5-11(13(18)19)12(8-10)17-14(20)16-7-6-9-2-1-3-9/h4-5,8-9H,1-3,6-7H2,(H,18,19)(H2,16,17,20). The zero-order chi connectivity index (χ0) is 14.5. The van der Waals surface area contributed by atoms with Crippen LogP contribution in [0.1, 0.15) is 36.0 Å². The van der Waals surface area contributed by atoms with Gasteiger partial charge < -0.3 is 15.7 Å². The molecule has 1 fully saturated rings. The fourth-order valence-electron chi connectivity index (χ4n) is 2.14. The second kappa shape index (κ2) is 6.74. The summed E-state index contributed by atoms with van der Waals surface area (Å²) in [6, 6.07) is 4.29. The molecule has 0 atom stereocenters. The van der Waals surface area contributed by atoms with Crippen molar-refractivity contribution in [1.29, 1.82) is 0 Å². The Morgan fingerprint density at radius 3 is 2.70 bits per heavy atom. The second-order valence-electron chi connectivity index (χ2n) is 4.96. The van der Waals surface area contributed by atoms with Gasteiger partial charge in [-0.3, -0.25) is 0 Å². The van der Waals surface area contributed by atoms with Crippen molar-refractivity contribution in [1.82, 2.24) is 5.32 Å². The number of hydrogen-bond donors (Lipinski definition) is 3. The Kier molecular flexibility index (Phi) is 5.00. The Morgan fingerprint density at radius 2 is 2.10 bits per heavy atom. The Hall–Kier alpha value is -1.56. The fraction of sp³-hybridized carbons (Fsp3) is 0.429. The minimum absolute atomic E-state index is 0.0716. The number of aromatic carboxylic acids is 1. The third kappa shape index (κ3) is 3.96. The van der Waals surface area contributed by atoms with Crippen LogP contribution < -0.4 is 10.6 Å². The number of carbonyl (C=O) groups is 2. The Bertz CT molecular complexity index is 515. The molecule has 1 aliphatic rings. The zero-order valence-corrected chi connectivity index (χ0v) is 12.6. The first-order valence-electron chi connectivity index (χ1n) is 6.64. The lowest BCUT2D eigenvalue weighted by Gasteiger charge is -2.25. The number of anilines is 1. The van der Waals surface area contributed by atoms with Crippen LogP contribution in [0.2, 0.25) is 0 Å². The van der Waals surface area contributed by atoms with Crippen LogP contribution in [0.15, 0.2) is 22.7 Å². The minimum atomic E-state index is -1.07. The molecule has 2 rings (SSSR count). The molecule has 0 heterocycles. The number of carbonyl (C=O) groups excluding carboxylic acids is 1. The first-order chi connectivity index (χ1) is 9.56. The van der Waals surface area contributed by atoms with E-state index < -0.39 is 5.97 Å². The molecule has 0 unspecified atom stereocenters. The van der Waals surface area contributed by atoms with E-state index in [1.54, 1.807) is 12.1 Å². The van der Waals surface area contributed by atoms with Crippen molar-refractivity contribution in [2.75, 3.05) is 11.9 Å². The van der Waals surface area contributed by atoms with Crippen LogP contribution in [-0.4, -0.2) is 23.7 Å². The highest BCUT2D eigenvalue weighted by molar-refractivity contribution is 9.10. The molecule has 1 aliphatic carbocycles. The third-order valence-electron chi connectivity index (χ3n) is 3.52. The molecular weight excluding hydrogens is 324 g/mol. The molecule has 6 heteroatoms. The number of carboxylic acid groups (broad SMARTS) is 1. The van der Waals surface area contributed by atoms with E-state index in [4.69, 9.17) is 5.11 Å². The number of rotatable bonds is 5. The van der Waals surface area contributed by atoms with Gasteiger partial charge in [0, 0.05) is 11.0 Å². The van der Waals surface area contributed by atoms with Crippen molar-refractivity contribution in [3.05, 3.63) is 28.2 Å². The smallest absolute Gasteiger partial charge is 0.337 e. The molecular formula is C14H17BrN2O3. The molecule has 1 saturated carbocycles. The molecule has 0 radical (unpaired) electrons. The van der Waals surface area contributed by atoms with E-state index in [1.807, 2.05) is 0 Å². The maximum absolute atomic E-state index is 11.8.